The number of hydrogen-bond acceptors (Lipinski definition) is 5. The van der Waals surface area contributed by atoms with E-state index in [0.29, 0.717) is 6.61 Å². The van der Waals surface area contributed by atoms with Gasteiger partial charge in [0.2, 0.25) is 5.91 Å². The summed E-state index contributed by atoms with van der Waals surface area (Å²) in [7, 11) is 1.76. The highest BCUT2D eigenvalue weighted by molar-refractivity contribution is 5.84. The zero-order chi connectivity index (χ0) is 16.5. The highest BCUT2D eigenvalue weighted by Crippen LogP contribution is 2.45. The number of carboxylic acids is 1. The Bertz CT molecular complexity index is 569. The maximum absolute atomic E-state index is 12.3. The Balaban J connectivity index is 1.96. The molecule has 122 valence electrons. The van der Waals surface area contributed by atoms with Gasteiger partial charge in [0.15, 0.2) is 5.69 Å². The van der Waals surface area contributed by atoms with Gasteiger partial charge in [-0.05, 0) is 13.3 Å². The van der Waals surface area contributed by atoms with Crippen LogP contribution in [-0.2, 0) is 16.1 Å². The average molecular weight is 310 g/mol. The highest BCUT2D eigenvalue weighted by Gasteiger charge is 2.51. The van der Waals surface area contributed by atoms with Crippen molar-refractivity contribution in [3.05, 3.63) is 11.9 Å². The smallest absolute Gasteiger partial charge is 0.358 e. The molecular weight excluding hydrogens is 288 g/mol. The number of carbonyl (C=O) groups is 2. The first-order valence-electron chi connectivity index (χ1n) is 7.28. The summed E-state index contributed by atoms with van der Waals surface area (Å²) in [5.41, 5.74) is -0.273. The molecule has 1 aromatic rings. The number of rotatable bonds is 6. The lowest BCUT2D eigenvalue weighted by Gasteiger charge is -2.54. The molecule has 1 aliphatic carbocycles. The van der Waals surface area contributed by atoms with Gasteiger partial charge < -0.3 is 14.7 Å². The van der Waals surface area contributed by atoms with E-state index in [9.17, 15) is 9.59 Å². The topological polar surface area (TPSA) is 97.5 Å². The fourth-order valence-corrected chi connectivity index (χ4v) is 2.90. The van der Waals surface area contributed by atoms with Gasteiger partial charge >= 0.3 is 5.97 Å². The van der Waals surface area contributed by atoms with Crippen LogP contribution in [0.2, 0.25) is 0 Å². The van der Waals surface area contributed by atoms with E-state index < -0.39 is 5.97 Å². The minimum atomic E-state index is -1.16. The molecule has 1 amide bonds. The number of aromatic nitrogens is 3. The molecule has 1 fully saturated rings. The van der Waals surface area contributed by atoms with Gasteiger partial charge in [-0.2, -0.15) is 0 Å². The van der Waals surface area contributed by atoms with Gasteiger partial charge in [-0.3, -0.25) is 4.79 Å². The minimum absolute atomic E-state index is 0.0251. The summed E-state index contributed by atoms with van der Waals surface area (Å²) >= 11 is 0. The van der Waals surface area contributed by atoms with E-state index in [4.69, 9.17) is 9.84 Å². The molecule has 1 saturated carbocycles. The van der Waals surface area contributed by atoms with Crippen molar-refractivity contribution in [3.8, 4) is 0 Å². The molecule has 8 nitrogen and oxygen atoms in total. The number of likely N-dealkylation sites (N-methyl/N-ethyl adjacent to an activating group) is 1. The van der Waals surface area contributed by atoms with E-state index in [1.165, 1.54) is 10.9 Å². The van der Waals surface area contributed by atoms with Crippen molar-refractivity contribution in [1.29, 1.82) is 0 Å². The second-order valence-electron chi connectivity index (χ2n) is 6.13. The Morgan fingerprint density at radius 2 is 2.23 bits per heavy atom. The van der Waals surface area contributed by atoms with Gasteiger partial charge in [0.05, 0.1) is 12.3 Å². The predicted octanol–water partition coefficient (Wildman–Crippen LogP) is 0.638. The van der Waals surface area contributed by atoms with Gasteiger partial charge in [-0.25, -0.2) is 9.48 Å². The van der Waals surface area contributed by atoms with Crippen LogP contribution < -0.4 is 0 Å². The van der Waals surface area contributed by atoms with Gasteiger partial charge in [0.1, 0.15) is 6.54 Å². The molecule has 0 bridgehead atoms. The van der Waals surface area contributed by atoms with Crippen LogP contribution in [0.4, 0.5) is 0 Å². The molecule has 8 heteroatoms. The normalized spacial score (nSPS) is 22.9. The maximum atomic E-state index is 12.3. The molecule has 0 radical (unpaired) electrons. The van der Waals surface area contributed by atoms with E-state index in [1.807, 2.05) is 6.92 Å². The van der Waals surface area contributed by atoms with Crippen molar-refractivity contribution in [3.63, 3.8) is 0 Å². The van der Waals surface area contributed by atoms with Crippen molar-refractivity contribution in [2.24, 2.45) is 5.41 Å². The molecule has 1 heterocycles. The third-order valence-electron chi connectivity index (χ3n) is 4.41. The lowest BCUT2D eigenvalue weighted by molar-refractivity contribution is -0.163. The highest BCUT2D eigenvalue weighted by atomic mass is 16.5. The third kappa shape index (κ3) is 2.96. The third-order valence-corrected chi connectivity index (χ3v) is 4.41. The first kappa shape index (κ1) is 16.4. The van der Waals surface area contributed by atoms with Crippen LogP contribution in [0.15, 0.2) is 6.20 Å². The van der Waals surface area contributed by atoms with E-state index in [1.54, 1.807) is 11.9 Å². The molecule has 2 rings (SSSR count). The molecule has 2 unspecified atom stereocenters. The van der Waals surface area contributed by atoms with Crippen LogP contribution in [-0.4, -0.2) is 62.7 Å². The summed E-state index contributed by atoms with van der Waals surface area (Å²) in [6, 6.07) is 0.0963. The summed E-state index contributed by atoms with van der Waals surface area (Å²) in [4.78, 5) is 24.8. The number of aromatic carboxylic acids is 1. The van der Waals surface area contributed by atoms with Crippen LogP contribution >= 0.6 is 0 Å². The molecule has 1 N–H and O–H groups in total. The van der Waals surface area contributed by atoms with Crippen LogP contribution in [0.3, 0.4) is 0 Å². The maximum Gasteiger partial charge on any atom is 0.358 e. The van der Waals surface area contributed by atoms with Crippen LogP contribution in [0.5, 0.6) is 0 Å². The Hall–Kier alpha value is -1.96. The first-order chi connectivity index (χ1) is 10.3. The molecule has 0 saturated heterocycles. The number of amides is 1. The van der Waals surface area contributed by atoms with E-state index in [0.717, 1.165) is 6.42 Å². The second kappa shape index (κ2) is 6.04. The molecular formula is C14H22N4O4. The van der Waals surface area contributed by atoms with Crippen molar-refractivity contribution < 1.29 is 19.4 Å². The molecule has 1 aliphatic rings. The van der Waals surface area contributed by atoms with E-state index >= 15 is 0 Å². The fourth-order valence-electron chi connectivity index (χ4n) is 2.90. The van der Waals surface area contributed by atoms with Crippen molar-refractivity contribution in [1.82, 2.24) is 19.9 Å². The lowest BCUT2D eigenvalue weighted by Crippen LogP contribution is -2.62. The Morgan fingerprint density at radius 1 is 1.55 bits per heavy atom. The number of carbonyl (C=O) groups excluding carboxylic acids is 1. The number of hydrogen-bond donors (Lipinski definition) is 1. The zero-order valence-corrected chi connectivity index (χ0v) is 13.3. The number of nitrogens with zero attached hydrogens (tertiary/aromatic N) is 4. The summed E-state index contributed by atoms with van der Waals surface area (Å²) in [5, 5.41) is 16.0. The predicted molar refractivity (Wildman–Crippen MR) is 77.4 cm³/mol. The van der Waals surface area contributed by atoms with Crippen molar-refractivity contribution in [2.75, 3.05) is 13.7 Å². The van der Waals surface area contributed by atoms with Gasteiger partial charge in [0, 0.05) is 25.1 Å². The summed E-state index contributed by atoms with van der Waals surface area (Å²) < 4.78 is 6.91. The SMILES string of the molecule is CCOC1CC(N(C)C(=O)Cn2cc(C(=O)O)nn2)C1(C)C. The number of ether oxygens (including phenoxy) is 1. The molecule has 22 heavy (non-hydrogen) atoms. The average Bonchev–Trinajstić information content (AvgIpc) is 2.91. The summed E-state index contributed by atoms with van der Waals surface area (Å²) in [5.74, 6) is -1.29. The van der Waals surface area contributed by atoms with E-state index in [2.05, 4.69) is 24.2 Å². The Kier molecular flexibility index (Phi) is 4.50. The molecule has 1 aromatic heterocycles. The molecule has 2 atom stereocenters. The van der Waals surface area contributed by atoms with Gasteiger partial charge in [0.25, 0.3) is 0 Å². The lowest BCUT2D eigenvalue weighted by atomic mass is 9.64. The fraction of sp³-hybridized carbons (Fsp3) is 0.714. The zero-order valence-electron chi connectivity index (χ0n) is 13.3. The molecule has 0 spiro atoms. The largest absolute Gasteiger partial charge is 0.476 e. The molecule has 0 aliphatic heterocycles. The molecule has 0 aromatic carbocycles. The van der Waals surface area contributed by atoms with Gasteiger partial charge in [-0.1, -0.05) is 19.1 Å². The van der Waals surface area contributed by atoms with Crippen LogP contribution in [0.1, 0.15) is 37.7 Å². The van der Waals surface area contributed by atoms with Crippen molar-refractivity contribution in [2.45, 2.75) is 45.9 Å². The minimum Gasteiger partial charge on any atom is -0.476 e. The first-order valence-corrected chi connectivity index (χ1v) is 7.28. The summed E-state index contributed by atoms with van der Waals surface area (Å²) in [6.07, 6.45) is 2.21. The Labute approximate surface area is 129 Å². The van der Waals surface area contributed by atoms with Gasteiger partial charge in [-0.15, -0.1) is 5.10 Å². The van der Waals surface area contributed by atoms with Crippen molar-refractivity contribution >= 4 is 11.9 Å². The second-order valence-corrected chi connectivity index (χ2v) is 6.13. The summed E-state index contributed by atoms with van der Waals surface area (Å²) in [6.45, 7) is 6.77. The number of carboxylic acid groups (broad SMARTS) is 1. The van der Waals surface area contributed by atoms with Crippen LogP contribution in [0.25, 0.3) is 0 Å². The Morgan fingerprint density at radius 3 is 2.73 bits per heavy atom. The quantitative estimate of drug-likeness (QED) is 0.828. The monoisotopic (exact) mass is 310 g/mol. The van der Waals surface area contributed by atoms with Crippen LogP contribution in [0, 0.1) is 5.41 Å². The van der Waals surface area contributed by atoms with E-state index in [-0.39, 0.29) is 35.7 Å². The standard InChI is InChI=1S/C14H22N4O4/c1-5-22-11-6-10(14(11,2)3)17(4)12(19)8-18-7-9(13(20)21)15-16-18/h7,10-11H,5-6,8H2,1-4H3,(H,20,21).